The Balaban J connectivity index is 2.39. The van der Waals surface area contributed by atoms with Gasteiger partial charge >= 0.3 is 5.97 Å². The Labute approximate surface area is 81.5 Å². The van der Waals surface area contributed by atoms with Crippen molar-refractivity contribution in [2.24, 2.45) is 16.0 Å². The SMILES string of the molecule is COC(=O)C1=C2C=NNC2C(C)C=N1. The molecule has 0 fully saturated rings. The molecule has 74 valence electrons. The van der Waals surface area contributed by atoms with Gasteiger partial charge in [-0.15, -0.1) is 0 Å². The van der Waals surface area contributed by atoms with E-state index in [2.05, 4.69) is 20.3 Å². The van der Waals surface area contributed by atoms with E-state index in [4.69, 9.17) is 0 Å². The van der Waals surface area contributed by atoms with E-state index >= 15 is 0 Å². The molecule has 0 bridgehead atoms. The number of nitrogens with zero attached hydrogens (tertiary/aromatic N) is 2. The Morgan fingerprint density at radius 2 is 2.43 bits per heavy atom. The second-order valence-corrected chi connectivity index (χ2v) is 3.30. The van der Waals surface area contributed by atoms with Crippen LogP contribution in [0.25, 0.3) is 0 Å². The lowest BCUT2D eigenvalue weighted by atomic mass is 9.93. The van der Waals surface area contributed by atoms with Crippen molar-refractivity contribution < 1.29 is 9.53 Å². The molecule has 0 aromatic rings. The number of carbonyl (C=O) groups excluding carboxylic acids is 1. The number of aliphatic imine (C=N–C) groups is 1. The van der Waals surface area contributed by atoms with Gasteiger partial charge in [0.1, 0.15) is 0 Å². The first-order valence-corrected chi connectivity index (χ1v) is 4.39. The summed E-state index contributed by atoms with van der Waals surface area (Å²) in [7, 11) is 1.35. The summed E-state index contributed by atoms with van der Waals surface area (Å²) in [6, 6.07) is 0.0570. The monoisotopic (exact) mass is 193 g/mol. The zero-order chi connectivity index (χ0) is 10.1. The van der Waals surface area contributed by atoms with Crippen molar-refractivity contribution in [2.75, 3.05) is 7.11 Å². The number of methoxy groups -OCH3 is 1. The van der Waals surface area contributed by atoms with E-state index in [1.54, 1.807) is 12.4 Å². The Morgan fingerprint density at radius 1 is 1.64 bits per heavy atom. The summed E-state index contributed by atoms with van der Waals surface area (Å²) in [5, 5.41) is 3.92. The van der Waals surface area contributed by atoms with Crippen LogP contribution < -0.4 is 5.43 Å². The van der Waals surface area contributed by atoms with Crippen molar-refractivity contribution >= 4 is 18.4 Å². The molecule has 0 amide bonds. The predicted molar refractivity (Wildman–Crippen MR) is 52.1 cm³/mol. The van der Waals surface area contributed by atoms with Crippen molar-refractivity contribution in [1.82, 2.24) is 5.43 Å². The number of ether oxygens (including phenoxy) is 1. The van der Waals surface area contributed by atoms with Gasteiger partial charge in [-0.25, -0.2) is 4.79 Å². The minimum atomic E-state index is -0.414. The Kier molecular flexibility index (Phi) is 2.07. The van der Waals surface area contributed by atoms with Crippen molar-refractivity contribution in [2.45, 2.75) is 13.0 Å². The van der Waals surface area contributed by atoms with Crippen LogP contribution in [0.5, 0.6) is 0 Å². The molecular formula is C9H11N3O2. The molecule has 0 aliphatic carbocycles. The van der Waals surface area contributed by atoms with Crippen LogP contribution in [0.15, 0.2) is 21.4 Å². The summed E-state index contributed by atoms with van der Waals surface area (Å²) in [5.74, 6) is -0.177. The molecule has 0 spiro atoms. The molecule has 2 atom stereocenters. The van der Waals surface area contributed by atoms with Gasteiger partial charge in [0.25, 0.3) is 0 Å². The molecule has 0 saturated heterocycles. The molecular weight excluding hydrogens is 182 g/mol. The number of hydrogen-bond donors (Lipinski definition) is 1. The fraction of sp³-hybridized carbons (Fsp3) is 0.444. The molecule has 1 N–H and O–H groups in total. The summed E-state index contributed by atoms with van der Waals surface area (Å²) < 4.78 is 4.63. The third-order valence-electron chi connectivity index (χ3n) is 2.37. The molecule has 0 saturated carbocycles. The molecule has 0 aromatic carbocycles. The summed E-state index contributed by atoms with van der Waals surface area (Å²) in [6.45, 7) is 2.02. The molecule has 5 nitrogen and oxygen atoms in total. The third-order valence-corrected chi connectivity index (χ3v) is 2.37. The highest BCUT2D eigenvalue weighted by atomic mass is 16.5. The number of nitrogens with one attached hydrogen (secondary N) is 1. The summed E-state index contributed by atoms with van der Waals surface area (Å²) in [5.41, 5.74) is 4.09. The molecule has 5 heteroatoms. The van der Waals surface area contributed by atoms with Crippen LogP contribution in [0.1, 0.15) is 6.92 Å². The number of esters is 1. The summed E-state index contributed by atoms with van der Waals surface area (Å²) >= 11 is 0. The van der Waals surface area contributed by atoms with Gasteiger partial charge in [-0.2, -0.15) is 5.10 Å². The lowest BCUT2D eigenvalue weighted by molar-refractivity contribution is -0.136. The van der Waals surface area contributed by atoms with Crippen LogP contribution in [0.2, 0.25) is 0 Å². The molecule has 2 aliphatic heterocycles. The summed E-state index contributed by atoms with van der Waals surface area (Å²) in [6.07, 6.45) is 3.37. The lowest BCUT2D eigenvalue weighted by Crippen LogP contribution is -2.34. The largest absolute Gasteiger partial charge is 0.464 e. The van der Waals surface area contributed by atoms with E-state index in [1.807, 2.05) is 6.92 Å². The van der Waals surface area contributed by atoms with Gasteiger partial charge in [-0.05, 0) is 0 Å². The first kappa shape index (κ1) is 8.93. The highest BCUT2D eigenvalue weighted by Crippen LogP contribution is 2.23. The highest BCUT2D eigenvalue weighted by molar-refractivity contribution is 6.00. The fourth-order valence-electron chi connectivity index (χ4n) is 1.57. The van der Waals surface area contributed by atoms with E-state index in [0.717, 1.165) is 5.57 Å². The van der Waals surface area contributed by atoms with Gasteiger partial charge in [0, 0.05) is 17.7 Å². The van der Waals surface area contributed by atoms with Crippen molar-refractivity contribution in [1.29, 1.82) is 0 Å². The average Bonchev–Trinajstić information content (AvgIpc) is 2.67. The second kappa shape index (κ2) is 3.25. The first-order chi connectivity index (χ1) is 6.74. The normalized spacial score (nSPS) is 28.7. The topological polar surface area (TPSA) is 63.0 Å². The van der Waals surface area contributed by atoms with Gasteiger partial charge in [-0.3, -0.25) is 4.99 Å². The van der Waals surface area contributed by atoms with Crippen LogP contribution in [-0.4, -0.2) is 31.6 Å². The number of carbonyl (C=O) groups is 1. The van der Waals surface area contributed by atoms with E-state index in [-0.39, 0.29) is 12.0 Å². The van der Waals surface area contributed by atoms with Gasteiger partial charge in [0.2, 0.25) is 0 Å². The lowest BCUT2D eigenvalue weighted by Gasteiger charge is -2.21. The predicted octanol–water partition coefficient (Wildman–Crippen LogP) is 0.0916. The minimum Gasteiger partial charge on any atom is -0.464 e. The molecule has 2 rings (SSSR count). The van der Waals surface area contributed by atoms with Crippen molar-refractivity contribution in [3.8, 4) is 0 Å². The zero-order valence-corrected chi connectivity index (χ0v) is 8.02. The fourth-order valence-corrected chi connectivity index (χ4v) is 1.57. The van der Waals surface area contributed by atoms with Crippen molar-refractivity contribution in [3.63, 3.8) is 0 Å². The number of rotatable bonds is 1. The molecule has 2 unspecified atom stereocenters. The maximum Gasteiger partial charge on any atom is 0.357 e. The minimum absolute atomic E-state index is 0.0570. The van der Waals surface area contributed by atoms with E-state index in [9.17, 15) is 4.79 Å². The van der Waals surface area contributed by atoms with E-state index in [1.165, 1.54) is 7.11 Å². The van der Waals surface area contributed by atoms with Crippen LogP contribution in [0, 0.1) is 5.92 Å². The maximum atomic E-state index is 11.3. The van der Waals surface area contributed by atoms with Crippen LogP contribution in [0.4, 0.5) is 0 Å². The molecule has 0 aromatic heterocycles. The Morgan fingerprint density at radius 3 is 3.14 bits per heavy atom. The number of hydrogen-bond acceptors (Lipinski definition) is 5. The van der Waals surface area contributed by atoms with Crippen molar-refractivity contribution in [3.05, 3.63) is 11.3 Å². The molecule has 0 radical (unpaired) electrons. The van der Waals surface area contributed by atoms with Gasteiger partial charge in [0.15, 0.2) is 5.70 Å². The van der Waals surface area contributed by atoms with Crippen LogP contribution in [0.3, 0.4) is 0 Å². The van der Waals surface area contributed by atoms with Crippen LogP contribution in [-0.2, 0) is 9.53 Å². The standard InChI is InChI=1S/C9H11N3O2/c1-5-3-10-8(9(13)14-2)6-4-11-12-7(5)6/h3-5,7,12H,1-2H3. The van der Waals surface area contributed by atoms with E-state index < -0.39 is 5.97 Å². The zero-order valence-electron chi connectivity index (χ0n) is 8.02. The van der Waals surface area contributed by atoms with Gasteiger partial charge in [0.05, 0.1) is 19.4 Å². The van der Waals surface area contributed by atoms with E-state index in [0.29, 0.717) is 5.70 Å². The maximum absolute atomic E-state index is 11.3. The Bertz CT molecular complexity index is 357. The average molecular weight is 193 g/mol. The number of hydrazone groups is 1. The second-order valence-electron chi connectivity index (χ2n) is 3.30. The number of fused-ring (bicyclic) bond motifs is 1. The first-order valence-electron chi connectivity index (χ1n) is 4.39. The third kappa shape index (κ3) is 1.21. The quantitative estimate of drug-likeness (QED) is 0.600. The van der Waals surface area contributed by atoms with Gasteiger partial charge < -0.3 is 10.2 Å². The van der Waals surface area contributed by atoms with Crippen LogP contribution >= 0.6 is 0 Å². The molecule has 2 heterocycles. The summed E-state index contributed by atoms with van der Waals surface area (Å²) in [4.78, 5) is 15.4. The van der Waals surface area contributed by atoms with Gasteiger partial charge in [-0.1, -0.05) is 6.92 Å². The highest BCUT2D eigenvalue weighted by Gasteiger charge is 2.31. The molecule has 2 aliphatic rings. The Hall–Kier alpha value is -1.65. The smallest absolute Gasteiger partial charge is 0.357 e. The molecule has 14 heavy (non-hydrogen) atoms.